The third-order valence-electron chi connectivity index (χ3n) is 4.99. The zero-order chi connectivity index (χ0) is 21.3. The zero-order valence-electron chi connectivity index (χ0n) is 17.1. The number of aryl methyl sites for hydroxylation is 1. The van der Waals surface area contributed by atoms with Gasteiger partial charge >= 0.3 is 0 Å². The van der Waals surface area contributed by atoms with Gasteiger partial charge in [-0.3, -0.25) is 0 Å². The summed E-state index contributed by atoms with van der Waals surface area (Å²) in [6.45, 7) is 4.32. The summed E-state index contributed by atoms with van der Waals surface area (Å²) in [5, 5.41) is 15.2. The third-order valence-corrected chi connectivity index (χ3v) is 6.45. The van der Waals surface area contributed by atoms with Gasteiger partial charge in [-0.2, -0.15) is 9.61 Å². The van der Waals surface area contributed by atoms with Crippen LogP contribution in [0.5, 0.6) is 5.75 Å². The highest BCUT2D eigenvalue weighted by Crippen LogP contribution is 2.32. The number of rotatable bonds is 7. The van der Waals surface area contributed by atoms with Gasteiger partial charge in [0.25, 0.3) is 0 Å². The van der Waals surface area contributed by atoms with Crippen LogP contribution >= 0.6 is 0 Å². The molecule has 4 aromatic rings. The molecule has 0 unspecified atom stereocenters. The van der Waals surface area contributed by atoms with E-state index in [-0.39, 0.29) is 4.90 Å². The van der Waals surface area contributed by atoms with E-state index in [2.05, 4.69) is 20.0 Å². The fourth-order valence-electron chi connectivity index (χ4n) is 3.40. The van der Waals surface area contributed by atoms with Gasteiger partial charge < -0.3 is 4.74 Å². The van der Waals surface area contributed by atoms with Crippen molar-refractivity contribution in [1.29, 1.82) is 0 Å². The minimum absolute atomic E-state index is 0.142. The zero-order valence-corrected chi connectivity index (χ0v) is 17.9. The normalized spacial score (nSPS) is 12.0. The highest BCUT2D eigenvalue weighted by molar-refractivity contribution is 7.89. The van der Waals surface area contributed by atoms with E-state index in [4.69, 9.17) is 4.74 Å². The fraction of sp³-hybridized carbons (Fsp3) is 0.286. The molecule has 0 aliphatic rings. The molecule has 8 nitrogen and oxygen atoms in total. The van der Waals surface area contributed by atoms with Gasteiger partial charge in [0.05, 0.1) is 23.3 Å². The summed E-state index contributed by atoms with van der Waals surface area (Å²) in [5.41, 5.74) is 1.93. The van der Waals surface area contributed by atoms with E-state index >= 15 is 0 Å². The van der Waals surface area contributed by atoms with Crippen molar-refractivity contribution < 1.29 is 13.2 Å². The first kappa shape index (κ1) is 20.2. The molecule has 0 amide bonds. The number of unbranched alkanes of at least 4 members (excludes halogenated alkanes) is 1. The Morgan fingerprint density at radius 1 is 1.10 bits per heavy atom. The molecule has 2 heterocycles. The average molecular weight is 426 g/mol. The number of hydrogen-bond acceptors (Lipinski definition) is 6. The molecule has 0 aliphatic heterocycles. The maximum absolute atomic E-state index is 12.7. The molecule has 9 heteroatoms. The molecular weight excluding hydrogens is 402 g/mol. The number of ether oxygens (including phenoxy) is 1. The number of nitrogens with zero attached hydrogens (tertiary/aromatic N) is 4. The molecule has 0 fully saturated rings. The number of hydrogen-bond donors (Lipinski definition) is 1. The Labute approximate surface area is 174 Å². The molecule has 2 aromatic carbocycles. The van der Waals surface area contributed by atoms with Crippen LogP contribution in [0.15, 0.2) is 47.4 Å². The third kappa shape index (κ3) is 3.50. The molecule has 156 valence electrons. The van der Waals surface area contributed by atoms with Crippen LogP contribution in [0.25, 0.3) is 27.8 Å². The van der Waals surface area contributed by atoms with Gasteiger partial charge in [-0.15, -0.1) is 10.2 Å². The molecular formula is C21H23N5O3S. The summed E-state index contributed by atoms with van der Waals surface area (Å²) in [7, 11) is -2.12. The minimum atomic E-state index is -3.65. The summed E-state index contributed by atoms with van der Waals surface area (Å²) < 4.78 is 35.2. The minimum Gasteiger partial charge on any atom is -0.496 e. The lowest BCUT2D eigenvalue weighted by Gasteiger charge is -2.11. The monoisotopic (exact) mass is 425 g/mol. The molecule has 0 bridgehead atoms. The van der Waals surface area contributed by atoms with E-state index in [1.54, 1.807) is 16.6 Å². The van der Waals surface area contributed by atoms with Crippen molar-refractivity contribution in [3.63, 3.8) is 0 Å². The van der Waals surface area contributed by atoms with Crippen LogP contribution in [0.3, 0.4) is 0 Å². The van der Waals surface area contributed by atoms with Gasteiger partial charge in [-0.1, -0.05) is 37.6 Å². The molecule has 0 spiro atoms. The molecule has 0 saturated heterocycles. The highest BCUT2D eigenvalue weighted by Gasteiger charge is 2.21. The molecule has 0 radical (unpaired) electrons. The smallest absolute Gasteiger partial charge is 0.240 e. The highest BCUT2D eigenvalue weighted by atomic mass is 32.2. The van der Waals surface area contributed by atoms with Crippen molar-refractivity contribution in [2.45, 2.75) is 31.6 Å². The van der Waals surface area contributed by atoms with Crippen LogP contribution in [0.4, 0.5) is 0 Å². The Morgan fingerprint density at radius 2 is 1.87 bits per heavy atom. The predicted octanol–water partition coefficient (Wildman–Crippen LogP) is 3.34. The first-order chi connectivity index (χ1) is 14.5. The maximum Gasteiger partial charge on any atom is 0.240 e. The van der Waals surface area contributed by atoms with E-state index in [1.807, 2.05) is 38.1 Å². The first-order valence-corrected chi connectivity index (χ1v) is 11.2. The second-order valence-corrected chi connectivity index (χ2v) is 8.77. The van der Waals surface area contributed by atoms with E-state index in [9.17, 15) is 8.42 Å². The molecule has 0 saturated carbocycles. The van der Waals surface area contributed by atoms with Gasteiger partial charge in [0, 0.05) is 17.3 Å². The van der Waals surface area contributed by atoms with Gasteiger partial charge in [0.15, 0.2) is 11.5 Å². The molecule has 0 atom stereocenters. The topological polar surface area (TPSA) is 98.5 Å². The van der Waals surface area contributed by atoms with E-state index in [0.29, 0.717) is 29.3 Å². The molecule has 1 N–H and O–H groups in total. The van der Waals surface area contributed by atoms with Crippen molar-refractivity contribution in [2.75, 3.05) is 13.7 Å². The maximum atomic E-state index is 12.7. The Morgan fingerprint density at radius 3 is 2.60 bits per heavy atom. The van der Waals surface area contributed by atoms with Crippen molar-refractivity contribution in [1.82, 2.24) is 24.5 Å². The van der Waals surface area contributed by atoms with Gasteiger partial charge in [0.1, 0.15) is 5.75 Å². The molecule has 2 aromatic heterocycles. The summed E-state index contributed by atoms with van der Waals surface area (Å²) in [6.07, 6.45) is 1.68. The van der Waals surface area contributed by atoms with Crippen LogP contribution in [0, 0.1) is 6.92 Å². The summed E-state index contributed by atoms with van der Waals surface area (Å²) in [6, 6.07) is 12.5. The van der Waals surface area contributed by atoms with Crippen LogP contribution in [0.2, 0.25) is 0 Å². The van der Waals surface area contributed by atoms with Crippen LogP contribution in [0.1, 0.15) is 25.5 Å². The second kappa shape index (κ2) is 8.00. The Bertz CT molecular complexity index is 1330. The number of nitrogens with one attached hydrogen (secondary N) is 1. The van der Waals surface area contributed by atoms with Gasteiger partial charge in [-0.05, 0) is 31.5 Å². The average Bonchev–Trinajstić information content (AvgIpc) is 3.17. The first-order valence-electron chi connectivity index (χ1n) is 9.75. The molecule has 30 heavy (non-hydrogen) atoms. The quantitative estimate of drug-likeness (QED) is 0.456. The number of aromatic nitrogens is 4. The van der Waals surface area contributed by atoms with Gasteiger partial charge in [-0.25, -0.2) is 13.1 Å². The standard InChI is InChI=1S/C21H23N5O3S/c1-4-5-12-22-30(27,28)15-10-11-19(29-3)18(13-15)21-24-23-20-17-9-7-6-8-16(17)14(2)25-26(20)21/h6-11,13,22H,4-5,12H2,1-3H3. The largest absolute Gasteiger partial charge is 0.496 e. The second-order valence-electron chi connectivity index (χ2n) is 7.00. The van der Waals surface area contributed by atoms with Crippen molar-refractivity contribution in [3.05, 3.63) is 48.2 Å². The van der Waals surface area contributed by atoms with Crippen molar-refractivity contribution >= 4 is 26.4 Å². The number of fused-ring (bicyclic) bond motifs is 3. The number of sulfonamides is 1. The lowest BCUT2D eigenvalue weighted by atomic mass is 10.1. The van der Waals surface area contributed by atoms with E-state index in [0.717, 1.165) is 29.3 Å². The van der Waals surface area contributed by atoms with Crippen LogP contribution in [-0.2, 0) is 10.0 Å². The van der Waals surface area contributed by atoms with Crippen LogP contribution < -0.4 is 9.46 Å². The summed E-state index contributed by atoms with van der Waals surface area (Å²) >= 11 is 0. The summed E-state index contributed by atoms with van der Waals surface area (Å²) in [5.74, 6) is 0.908. The van der Waals surface area contributed by atoms with E-state index < -0.39 is 10.0 Å². The molecule has 4 rings (SSSR count). The number of methoxy groups -OCH3 is 1. The Kier molecular flexibility index (Phi) is 5.40. The van der Waals surface area contributed by atoms with Crippen molar-refractivity contribution in [2.24, 2.45) is 0 Å². The Balaban J connectivity index is 1.89. The summed E-state index contributed by atoms with van der Waals surface area (Å²) in [4.78, 5) is 0.142. The SMILES string of the molecule is CCCCNS(=O)(=O)c1ccc(OC)c(-c2nnc3c4ccccc4c(C)nn23)c1. The number of benzene rings is 2. The van der Waals surface area contributed by atoms with Crippen LogP contribution in [-0.4, -0.2) is 41.9 Å². The fourth-order valence-corrected chi connectivity index (χ4v) is 4.50. The van der Waals surface area contributed by atoms with Gasteiger partial charge in [0.2, 0.25) is 10.0 Å². The Hall–Kier alpha value is -3.04. The molecule has 0 aliphatic carbocycles. The predicted molar refractivity (Wildman–Crippen MR) is 115 cm³/mol. The lowest BCUT2D eigenvalue weighted by molar-refractivity contribution is 0.415. The lowest BCUT2D eigenvalue weighted by Crippen LogP contribution is -2.24. The van der Waals surface area contributed by atoms with Crippen molar-refractivity contribution in [3.8, 4) is 17.1 Å². The van der Waals surface area contributed by atoms with E-state index in [1.165, 1.54) is 13.2 Å².